The second kappa shape index (κ2) is 4.26. The van der Waals surface area contributed by atoms with Crippen molar-refractivity contribution in [2.45, 2.75) is 20.3 Å². The normalized spacial score (nSPS) is 10.4. The molecule has 0 bridgehead atoms. The van der Waals surface area contributed by atoms with Crippen molar-refractivity contribution in [3.63, 3.8) is 0 Å². The predicted octanol–water partition coefficient (Wildman–Crippen LogP) is 1.70. The smallest absolute Gasteiger partial charge is 0.254 e. The molecular formula is C12H13N3O. The summed E-state index contributed by atoms with van der Waals surface area (Å²) in [5.41, 5.74) is 3.18. The Labute approximate surface area is 93.4 Å². The van der Waals surface area contributed by atoms with Crippen molar-refractivity contribution in [2.75, 3.05) is 0 Å². The molecule has 2 aromatic rings. The van der Waals surface area contributed by atoms with Crippen molar-refractivity contribution >= 4 is 0 Å². The number of H-pyrrole nitrogens is 1. The van der Waals surface area contributed by atoms with Crippen LogP contribution in [-0.4, -0.2) is 15.0 Å². The molecule has 0 spiro atoms. The van der Waals surface area contributed by atoms with Gasteiger partial charge in [-0.3, -0.25) is 9.78 Å². The van der Waals surface area contributed by atoms with Gasteiger partial charge in [0, 0.05) is 23.0 Å². The number of aromatic amines is 1. The van der Waals surface area contributed by atoms with Gasteiger partial charge in [-0.15, -0.1) is 0 Å². The fourth-order valence-electron chi connectivity index (χ4n) is 1.61. The largest absolute Gasteiger partial charge is 0.313 e. The van der Waals surface area contributed by atoms with E-state index in [1.807, 2.05) is 26.0 Å². The summed E-state index contributed by atoms with van der Waals surface area (Å²) in [7, 11) is 0. The van der Waals surface area contributed by atoms with Crippen LogP contribution in [0.3, 0.4) is 0 Å². The standard InChI is InChI=1S/C12H13N3O/c1-3-10-11(14-7-15-12(10)16)9-5-4-8(2)13-6-9/h4-7H,3H2,1-2H3,(H,14,15,16). The lowest BCUT2D eigenvalue weighted by Gasteiger charge is -2.05. The van der Waals surface area contributed by atoms with Gasteiger partial charge in [0.1, 0.15) is 0 Å². The van der Waals surface area contributed by atoms with Gasteiger partial charge in [-0.1, -0.05) is 6.92 Å². The first-order valence-corrected chi connectivity index (χ1v) is 5.22. The Morgan fingerprint density at radius 2 is 2.12 bits per heavy atom. The van der Waals surface area contributed by atoms with Crippen LogP contribution in [0.2, 0.25) is 0 Å². The Bertz CT molecular complexity index is 543. The topological polar surface area (TPSA) is 58.6 Å². The van der Waals surface area contributed by atoms with Crippen LogP contribution in [0.25, 0.3) is 11.3 Å². The highest BCUT2D eigenvalue weighted by Crippen LogP contribution is 2.17. The van der Waals surface area contributed by atoms with E-state index in [0.717, 1.165) is 17.0 Å². The summed E-state index contributed by atoms with van der Waals surface area (Å²) in [4.78, 5) is 22.6. The summed E-state index contributed by atoms with van der Waals surface area (Å²) >= 11 is 0. The molecule has 0 saturated heterocycles. The highest BCUT2D eigenvalue weighted by atomic mass is 16.1. The van der Waals surface area contributed by atoms with Crippen molar-refractivity contribution in [1.82, 2.24) is 15.0 Å². The predicted molar refractivity (Wildman–Crippen MR) is 62.2 cm³/mol. The van der Waals surface area contributed by atoms with Crippen LogP contribution in [0.1, 0.15) is 18.2 Å². The van der Waals surface area contributed by atoms with E-state index in [1.165, 1.54) is 6.33 Å². The molecule has 2 aromatic heterocycles. The Hall–Kier alpha value is -1.97. The molecule has 4 nitrogen and oxygen atoms in total. The van der Waals surface area contributed by atoms with Crippen molar-refractivity contribution < 1.29 is 0 Å². The molecule has 0 aliphatic rings. The molecule has 0 unspecified atom stereocenters. The number of aromatic nitrogens is 3. The zero-order valence-electron chi connectivity index (χ0n) is 9.32. The van der Waals surface area contributed by atoms with Gasteiger partial charge in [-0.05, 0) is 25.5 Å². The third kappa shape index (κ3) is 1.86. The second-order valence-electron chi connectivity index (χ2n) is 3.60. The number of nitrogens with one attached hydrogen (secondary N) is 1. The maximum Gasteiger partial charge on any atom is 0.254 e. The molecule has 0 aromatic carbocycles. The molecule has 0 atom stereocenters. The van der Waals surface area contributed by atoms with Crippen LogP contribution in [0, 0.1) is 6.92 Å². The molecule has 2 heterocycles. The highest BCUT2D eigenvalue weighted by molar-refractivity contribution is 5.61. The molecule has 0 amide bonds. The van der Waals surface area contributed by atoms with E-state index in [9.17, 15) is 4.79 Å². The second-order valence-corrected chi connectivity index (χ2v) is 3.60. The third-order valence-electron chi connectivity index (χ3n) is 2.49. The van der Waals surface area contributed by atoms with E-state index in [4.69, 9.17) is 0 Å². The van der Waals surface area contributed by atoms with E-state index in [2.05, 4.69) is 15.0 Å². The minimum absolute atomic E-state index is 0.0759. The molecule has 0 fully saturated rings. The minimum atomic E-state index is -0.0759. The summed E-state index contributed by atoms with van der Waals surface area (Å²) in [6.07, 6.45) is 3.83. The molecule has 0 radical (unpaired) electrons. The number of rotatable bonds is 2. The van der Waals surface area contributed by atoms with Gasteiger partial charge in [-0.2, -0.15) is 0 Å². The van der Waals surface area contributed by atoms with E-state index in [0.29, 0.717) is 12.0 Å². The molecule has 0 aliphatic carbocycles. The average molecular weight is 215 g/mol. The lowest BCUT2D eigenvalue weighted by atomic mass is 10.1. The first-order valence-electron chi connectivity index (χ1n) is 5.22. The lowest BCUT2D eigenvalue weighted by molar-refractivity contribution is 1.01. The minimum Gasteiger partial charge on any atom is -0.313 e. The van der Waals surface area contributed by atoms with Crippen LogP contribution in [0.15, 0.2) is 29.5 Å². The summed E-state index contributed by atoms with van der Waals surface area (Å²) in [5.74, 6) is 0. The number of hydrogen-bond donors (Lipinski definition) is 1. The van der Waals surface area contributed by atoms with Crippen LogP contribution >= 0.6 is 0 Å². The highest BCUT2D eigenvalue weighted by Gasteiger charge is 2.08. The van der Waals surface area contributed by atoms with Crippen LogP contribution < -0.4 is 5.56 Å². The number of nitrogens with zero attached hydrogens (tertiary/aromatic N) is 2. The number of pyridine rings is 1. The molecule has 0 saturated carbocycles. The Morgan fingerprint density at radius 1 is 1.31 bits per heavy atom. The fraction of sp³-hybridized carbons (Fsp3) is 0.250. The van der Waals surface area contributed by atoms with Crippen LogP contribution in [0.5, 0.6) is 0 Å². The fourth-order valence-corrected chi connectivity index (χ4v) is 1.61. The molecule has 1 N–H and O–H groups in total. The molecule has 0 aliphatic heterocycles. The quantitative estimate of drug-likeness (QED) is 0.829. The van der Waals surface area contributed by atoms with Gasteiger partial charge in [0.2, 0.25) is 0 Å². The van der Waals surface area contributed by atoms with E-state index in [-0.39, 0.29) is 5.56 Å². The number of aryl methyl sites for hydroxylation is 1. The molecule has 2 rings (SSSR count). The summed E-state index contributed by atoms with van der Waals surface area (Å²) in [6, 6.07) is 3.85. The number of hydrogen-bond acceptors (Lipinski definition) is 3. The molecular weight excluding hydrogens is 202 g/mol. The van der Waals surface area contributed by atoms with E-state index in [1.54, 1.807) is 6.20 Å². The zero-order valence-corrected chi connectivity index (χ0v) is 9.32. The SMILES string of the molecule is CCc1c(-c2ccc(C)nc2)nc[nH]c1=O. The molecule has 82 valence electrons. The summed E-state index contributed by atoms with van der Waals surface area (Å²) in [6.45, 7) is 3.87. The maximum atomic E-state index is 11.6. The van der Waals surface area contributed by atoms with Crippen LogP contribution in [-0.2, 0) is 6.42 Å². The van der Waals surface area contributed by atoms with Crippen molar-refractivity contribution in [3.05, 3.63) is 46.3 Å². The lowest BCUT2D eigenvalue weighted by Crippen LogP contribution is -2.14. The maximum absolute atomic E-state index is 11.6. The zero-order chi connectivity index (χ0) is 11.5. The monoisotopic (exact) mass is 215 g/mol. The Morgan fingerprint density at radius 3 is 2.75 bits per heavy atom. The first-order chi connectivity index (χ1) is 7.72. The van der Waals surface area contributed by atoms with Gasteiger partial charge in [0.25, 0.3) is 5.56 Å². The molecule has 16 heavy (non-hydrogen) atoms. The van der Waals surface area contributed by atoms with Gasteiger partial charge < -0.3 is 4.98 Å². The van der Waals surface area contributed by atoms with Crippen molar-refractivity contribution in [1.29, 1.82) is 0 Å². The van der Waals surface area contributed by atoms with Gasteiger partial charge in [-0.25, -0.2) is 4.98 Å². The van der Waals surface area contributed by atoms with Crippen LogP contribution in [0.4, 0.5) is 0 Å². The summed E-state index contributed by atoms with van der Waals surface area (Å²) < 4.78 is 0. The van der Waals surface area contributed by atoms with Gasteiger partial charge in [0.15, 0.2) is 0 Å². The first kappa shape index (κ1) is 10.5. The van der Waals surface area contributed by atoms with E-state index < -0.39 is 0 Å². The van der Waals surface area contributed by atoms with Gasteiger partial charge in [0.05, 0.1) is 12.0 Å². The summed E-state index contributed by atoms with van der Waals surface area (Å²) in [5, 5.41) is 0. The molecule has 4 heteroatoms. The van der Waals surface area contributed by atoms with E-state index >= 15 is 0 Å². The van der Waals surface area contributed by atoms with Gasteiger partial charge >= 0.3 is 0 Å². The van der Waals surface area contributed by atoms with Crippen molar-refractivity contribution in [3.8, 4) is 11.3 Å². The van der Waals surface area contributed by atoms with Crippen molar-refractivity contribution in [2.24, 2.45) is 0 Å². The Balaban J connectivity index is 2.60. The third-order valence-corrected chi connectivity index (χ3v) is 2.49. The Kier molecular flexibility index (Phi) is 2.81. The average Bonchev–Trinajstić information content (AvgIpc) is 2.30.